The number of nitrogen functional groups attached to an aromatic ring is 1. The molecule has 1 aliphatic rings. The van der Waals surface area contributed by atoms with Gasteiger partial charge in [-0.05, 0) is 47.9 Å². The molecule has 2 N–H and O–H groups in total. The molecule has 144 valence electrons. The average molecular weight is 399 g/mol. The van der Waals surface area contributed by atoms with E-state index >= 15 is 0 Å². The number of carbonyl (C=O) groups excluding carboxylic acids is 1. The van der Waals surface area contributed by atoms with E-state index in [1.165, 1.54) is 29.0 Å². The molecule has 4 heteroatoms. The maximum atomic E-state index is 13.2. The van der Waals surface area contributed by atoms with Crippen molar-refractivity contribution in [2.75, 3.05) is 5.73 Å². The normalized spacial score (nSPS) is 16.0. The topological polar surface area (TPSA) is 56.0 Å². The van der Waals surface area contributed by atoms with Gasteiger partial charge in [-0.15, -0.1) is 11.3 Å². The molecule has 4 aromatic rings. The van der Waals surface area contributed by atoms with Crippen molar-refractivity contribution in [1.29, 1.82) is 0 Å². The lowest BCUT2D eigenvalue weighted by Crippen LogP contribution is -2.12. The van der Waals surface area contributed by atoms with E-state index in [0.717, 1.165) is 34.2 Å². The SMILES string of the molecule is CC1CCc2nc3sc(C(=O)c4ccc(-c5ccccc5)cc4)c(N)c3cc2C1. The summed E-state index contributed by atoms with van der Waals surface area (Å²) in [4.78, 5) is 19.5. The van der Waals surface area contributed by atoms with Gasteiger partial charge >= 0.3 is 0 Å². The van der Waals surface area contributed by atoms with Crippen LogP contribution < -0.4 is 5.73 Å². The smallest absolute Gasteiger partial charge is 0.205 e. The molecule has 0 saturated carbocycles. The highest BCUT2D eigenvalue weighted by atomic mass is 32.1. The fourth-order valence-corrected chi connectivity index (χ4v) is 5.18. The lowest BCUT2D eigenvalue weighted by atomic mass is 9.87. The van der Waals surface area contributed by atoms with E-state index in [1.807, 2.05) is 42.5 Å². The predicted octanol–water partition coefficient (Wildman–Crippen LogP) is 5.90. The van der Waals surface area contributed by atoms with Crippen molar-refractivity contribution in [2.24, 2.45) is 5.92 Å². The van der Waals surface area contributed by atoms with Crippen molar-refractivity contribution >= 4 is 33.0 Å². The number of thiophene rings is 1. The third kappa shape index (κ3) is 3.23. The molecule has 5 rings (SSSR count). The van der Waals surface area contributed by atoms with Crippen molar-refractivity contribution in [2.45, 2.75) is 26.2 Å². The van der Waals surface area contributed by atoms with E-state index in [4.69, 9.17) is 10.7 Å². The summed E-state index contributed by atoms with van der Waals surface area (Å²) in [7, 11) is 0. The number of hydrogen-bond donors (Lipinski definition) is 1. The average Bonchev–Trinajstić information content (AvgIpc) is 3.08. The number of nitrogens with zero attached hydrogens (tertiary/aromatic N) is 1. The highest BCUT2D eigenvalue weighted by Gasteiger charge is 2.23. The zero-order chi connectivity index (χ0) is 20.0. The third-order valence-corrected chi connectivity index (χ3v) is 6.91. The van der Waals surface area contributed by atoms with Crippen molar-refractivity contribution < 1.29 is 4.79 Å². The van der Waals surface area contributed by atoms with Crippen LogP contribution in [0.15, 0.2) is 60.7 Å². The van der Waals surface area contributed by atoms with Gasteiger partial charge in [-0.3, -0.25) is 4.79 Å². The highest BCUT2D eigenvalue weighted by molar-refractivity contribution is 7.21. The number of aryl methyl sites for hydroxylation is 1. The molecule has 1 atom stereocenters. The minimum Gasteiger partial charge on any atom is -0.397 e. The molecular formula is C25H22N2OS. The van der Waals surface area contributed by atoms with Gasteiger partial charge in [0.25, 0.3) is 0 Å². The Morgan fingerprint density at radius 3 is 2.55 bits per heavy atom. The van der Waals surface area contributed by atoms with E-state index in [2.05, 4.69) is 25.1 Å². The van der Waals surface area contributed by atoms with Crippen LogP contribution in [0.4, 0.5) is 5.69 Å². The lowest BCUT2D eigenvalue weighted by molar-refractivity contribution is 0.104. The molecule has 3 nitrogen and oxygen atoms in total. The maximum Gasteiger partial charge on any atom is 0.205 e. The number of pyridine rings is 1. The maximum absolute atomic E-state index is 13.2. The van der Waals surface area contributed by atoms with Crippen LogP contribution in [0.2, 0.25) is 0 Å². The van der Waals surface area contributed by atoms with Crippen LogP contribution in [0.3, 0.4) is 0 Å². The Labute approximate surface area is 174 Å². The van der Waals surface area contributed by atoms with Gasteiger partial charge in [0.2, 0.25) is 5.78 Å². The molecule has 0 fully saturated rings. The first-order chi connectivity index (χ1) is 14.1. The van der Waals surface area contributed by atoms with Crippen molar-refractivity contribution in [3.05, 3.63) is 82.4 Å². The summed E-state index contributed by atoms with van der Waals surface area (Å²) < 4.78 is 0. The number of anilines is 1. The van der Waals surface area contributed by atoms with Gasteiger partial charge in [0, 0.05) is 16.6 Å². The number of nitrogens with two attached hydrogens (primary N) is 1. The highest BCUT2D eigenvalue weighted by Crippen LogP contribution is 2.37. The van der Waals surface area contributed by atoms with Crippen molar-refractivity contribution in [3.8, 4) is 11.1 Å². The van der Waals surface area contributed by atoms with Gasteiger partial charge in [-0.1, -0.05) is 61.5 Å². The van der Waals surface area contributed by atoms with Crippen LogP contribution in [0.1, 0.15) is 39.8 Å². The zero-order valence-electron chi connectivity index (χ0n) is 16.3. The Hall–Kier alpha value is -2.98. The molecule has 0 spiro atoms. The lowest BCUT2D eigenvalue weighted by Gasteiger charge is -2.20. The summed E-state index contributed by atoms with van der Waals surface area (Å²) >= 11 is 1.42. The quantitative estimate of drug-likeness (QED) is 0.437. The Bertz CT molecular complexity index is 1210. The zero-order valence-corrected chi connectivity index (χ0v) is 17.1. The molecule has 0 aliphatic heterocycles. The summed E-state index contributed by atoms with van der Waals surface area (Å²) in [6.07, 6.45) is 3.22. The van der Waals surface area contributed by atoms with Crippen LogP contribution in [-0.4, -0.2) is 10.8 Å². The number of carbonyl (C=O) groups is 1. The Morgan fingerprint density at radius 2 is 1.79 bits per heavy atom. The van der Waals surface area contributed by atoms with Gasteiger partial charge in [0.1, 0.15) is 9.71 Å². The molecule has 0 bridgehead atoms. The van der Waals surface area contributed by atoms with Crippen LogP contribution in [0.5, 0.6) is 0 Å². The van der Waals surface area contributed by atoms with Crippen molar-refractivity contribution in [3.63, 3.8) is 0 Å². The predicted molar refractivity (Wildman–Crippen MR) is 121 cm³/mol. The fraction of sp³-hybridized carbons (Fsp3) is 0.200. The summed E-state index contributed by atoms with van der Waals surface area (Å²) in [6.45, 7) is 2.28. The van der Waals surface area contributed by atoms with Crippen molar-refractivity contribution in [1.82, 2.24) is 4.98 Å². The summed E-state index contributed by atoms with van der Waals surface area (Å²) in [5.74, 6) is 0.641. The van der Waals surface area contributed by atoms with E-state index in [1.54, 1.807) is 0 Å². The van der Waals surface area contributed by atoms with Crippen LogP contribution in [0.25, 0.3) is 21.3 Å². The summed E-state index contributed by atoms with van der Waals surface area (Å²) in [5, 5.41) is 0.923. The Balaban J connectivity index is 1.50. The Morgan fingerprint density at radius 1 is 1.07 bits per heavy atom. The number of ketones is 1. The molecule has 1 unspecified atom stereocenters. The fourth-order valence-electron chi connectivity index (χ4n) is 4.12. The molecule has 2 heterocycles. The number of benzene rings is 2. The molecule has 2 aromatic heterocycles. The summed E-state index contributed by atoms with van der Waals surface area (Å²) in [5.41, 5.74) is 12.3. The van der Waals surface area contributed by atoms with Gasteiger partial charge < -0.3 is 5.73 Å². The first kappa shape index (κ1) is 18.1. The van der Waals surface area contributed by atoms with E-state index in [0.29, 0.717) is 22.0 Å². The second kappa shape index (κ2) is 7.12. The molecule has 0 saturated heterocycles. The molecule has 0 radical (unpaired) electrons. The molecule has 29 heavy (non-hydrogen) atoms. The first-order valence-electron chi connectivity index (χ1n) is 10.0. The van der Waals surface area contributed by atoms with Gasteiger partial charge in [-0.25, -0.2) is 4.98 Å². The Kier molecular flexibility index (Phi) is 4.44. The number of aromatic nitrogens is 1. The standard InChI is InChI=1S/C25H22N2OS/c1-15-7-12-21-19(13-15)14-20-22(26)24(29-25(20)27-21)23(28)18-10-8-17(9-11-18)16-5-3-2-4-6-16/h2-6,8-11,14-15H,7,12-13,26H2,1H3. The van der Waals surface area contributed by atoms with Crippen LogP contribution >= 0.6 is 11.3 Å². The largest absolute Gasteiger partial charge is 0.397 e. The monoisotopic (exact) mass is 398 g/mol. The van der Waals surface area contributed by atoms with E-state index in [-0.39, 0.29) is 5.78 Å². The molecule has 0 amide bonds. The van der Waals surface area contributed by atoms with Crippen LogP contribution in [0, 0.1) is 5.92 Å². The minimum absolute atomic E-state index is 0.0311. The molecule has 2 aromatic carbocycles. The number of hydrogen-bond acceptors (Lipinski definition) is 4. The van der Waals surface area contributed by atoms with Gasteiger partial charge in [-0.2, -0.15) is 0 Å². The van der Waals surface area contributed by atoms with Crippen LogP contribution in [-0.2, 0) is 12.8 Å². The first-order valence-corrected chi connectivity index (χ1v) is 10.8. The second-order valence-corrected chi connectivity index (χ2v) is 8.91. The van der Waals surface area contributed by atoms with Gasteiger partial charge in [0.05, 0.1) is 5.69 Å². The third-order valence-electron chi connectivity index (χ3n) is 5.79. The summed E-state index contributed by atoms with van der Waals surface area (Å²) in [6, 6.07) is 20.1. The number of rotatable bonds is 3. The van der Waals surface area contributed by atoms with E-state index < -0.39 is 0 Å². The number of fused-ring (bicyclic) bond motifs is 2. The van der Waals surface area contributed by atoms with E-state index in [9.17, 15) is 4.79 Å². The second-order valence-electron chi connectivity index (χ2n) is 7.91. The molecule has 1 aliphatic carbocycles. The molecular weight excluding hydrogens is 376 g/mol. The van der Waals surface area contributed by atoms with Gasteiger partial charge in [0.15, 0.2) is 0 Å². The minimum atomic E-state index is -0.0311.